The second kappa shape index (κ2) is 6.48. The highest BCUT2D eigenvalue weighted by Crippen LogP contribution is 2.04. The quantitative estimate of drug-likeness (QED) is 0.406. The smallest absolute Gasteiger partial charge is 0.123 e. The second-order valence-electron chi connectivity index (χ2n) is 5.55. The van der Waals surface area contributed by atoms with Crippen LogP contribution in [0.4, 0.5) is 0 Å². The topological polar surface area (TPSA) is 103 Å². The molecule has 0 unspecified atom stereocenters. The molecule has 0 atom stereocenters. The van der Waals surface area contributed by atoms with E-state index in [2.05, 4.69) is 39.9 Å². The van der Waals surface area contributed by atoms with Gasteiger partial charge < -0.3 is 0 Å². The number of nitrogens with zero attached hydrogens (tertiary/aromatic N) is 8. The van der Waals surface area contributed by atoms with Gasteiger partial charge in [-0.15, -0.1) is 0 Å². The first-order valence-electron chi connectivity index (χ1n) is 7.60. The Morgan fingerprint density at radius 1 is 0.360 bits per heavy atom. The maximum atomic E-state index is 4.21. The van der Waals surface area contributed by atoms with Crippen LogP contribution in [-0.4, -0.2) is 46.0 Å². The minimum atomic E-state index is -1.72. The monoisotopic (exact) mass is 327 g/mol. The van der Waals surface area contributed by atoms with E-state index in [1.807, 2.05) is 0 Å². The molecule has 4 rings (SSSR count). The summed E-state index contributed by atoms with van der Waals surface area (Å²) in [6.07, 6.45) is 18.5. The Bertz CT molecular complexity index is 775. The van der Waals surface area contributed by atoms with Crippen molar-refractivity contribution in [3.8, 4) is 0 Å². The number of hydrogen-bond acceptors (Lipinski definition) is 8. The summed E-state index contributed by atoms with van der Waals surface area (Å²) in [4.78, 5) is 33.7. The Balaban J connectivity index is 2.13. The van der Waals surface area contributed by atoms with Gasteiger partial charge in [-0.05, 0) is 49.6 Å². The zero-order chi connectivity index (χ0) is 17.0. The Morgan fingerprint density at radius 3 is 0.760 bits per heavy atom. The van der Waals surface area contributed by atoms with E-state index in [0.29, 0.717) is 0 Å². The largest absolute Gasteiger partial charge is 0.248 e. The van der Waals surface area contributed by atoms with E-state index < -0.39 is 6.15 Å². The van der Waals surface area contributed by atoms with Gasteiger partial charge in [0.15, 0.2) is 0 Å². The maximum Gasteiger partial charge on any atom is 0.123 e. The van der Waals surface area contributed by atoms with E-state index >= 15 is 0 Å². The fourth-order valence-corrected chi connectivity index (χ4v) is 3.29. The molecule has 0 saturated heterocycles. The van der Waals surface area contributed by atoms with Crippen molar-refractivity contribution in [3.05, 3.63) is 74.9 Å². The lowest BCUT2D eigenvalue weighted by Crippen LogP contribution is -2.75. The van der Waals surface area contributed by atoms with Crippen molar-refractivity contribution in [2.45, 2.75) is 0 Å². The van der Waals surface area contributed by atoms with Crippen LogP contribution in [0.15, 0.2) is 74.9 Å². The maximum absolute atomic E-state index is 4.21. The first-order chi connectivity index (χ1) is 12.4. The summed E-state index contributed by atoms with van der Waals surface area (Å²) in [5, 5.41) is 0. The molecule has 0 spiro atoms. The minimum Gasteiger partial charge on any atom is -0.248 e. The van der Waals surface area contributed by atoms with Crippen molar-refractivity contribution >= 4 is 28.0 Å². The third kappa shape index (κ3) is 2.51. The molecule has 25 heavy (non-hydrogen) atoms. The lowest BCUT2D eigenvalue weighted by atomic mass is 9.14. The fourth-order valence-electron chi connectivity index (χ4n) is 3.29. The van der Waals surface area contributed by atoms with Gasteiger partial charge in [0.05, 0.1) is 0 Å². The first-order valence-corrected chi connectivity index (χ1v) is 7.60. The van der Waals surface area contributed by atoms with Crippen LogP contribution in [0.3, 0.4) is 0 Å². The predicted molar refractivity (Wildman–Crippen MR) is 92.4 cm³/mol. The lowest BCUT2D eigenvalue weighted by Gasteiger charge is -2.41. The summed E-state index contributed by atoms with van der Waals surface area (Å²) < 4.78 is 0. The van der Waals surface area contributed by atoms with E-state index in [0.717, 1.165) is 21.9 Å². The summed E-state index contributed by atoms with van der Waals surface area (Å²) in [5.41, 5.74) is 3.51. The highest BCUT2D eigenvalue weighted by atomic mass is 14.8. The molecule has 120 valence electrons. The molecule has 0 aliphatic heterocycles. The van der Waals surface area contributed by atoms with Gasteiger partial charge in [-0.3, -0.25) is 0 Å². The molecule has 4 aromatic heterocycles. The lowest BCUT2D eigenvalue weighted by molar-refractivity contribution is 1.16. The molecule has 4 heterocycles. The first kappa shape index (κ1) is 14.9. The van der Waals surface area contributed by atoms with Gasteiger partial charge in [0.1, 0.15) is 31.5 Å². The summed E-state index contributed by atoms with van der Waals surface area (Å²) in [6.45, 7) is 0. The molecule has 0 aromatic carbocycles. The van der Waals surface area contributed by atoms with Gasteiger partial charge >= 0.3 is 0 Å². The highest BCUT2D eigenvalue weighted by molar-refractivity contribution is 7.19. The van der Waals surface area contributed by atoms with Crippen molar-refractivity contribution in [2.24, 2.45) is 0 Å². The number of aromatic nitrogens is 8. The molecular formula is C16H12BN8-. The standard InChI is InChI=1S/C16H12BN8/c1-13(2-19-9-18-1)17(14-3-20-10-21-4-14,15-5-22-11-23-6-15)16-7-24-12-25-8-16/h1-12H/q-1. The van der Waals surface area contributed by atoms with Crippen LogP contribution in [0, 0.1) is 0 Å². The molecule has 9 heteroatoms. The van der Waals surface area contributed by atoms with Gasteiger partial charge in [0.25, 0.3) is 0 Å². The fraction of sp³-hybridized carbons (Fsp3) is 0. The number of hydrogen-bond donors (Lipinski definition) is 0. The van der Waals surface area contributed by atoms with Crippen LogP contribution in [0.1, 0.15) is 0 Å². The summed E-state index contributed by atoms with van der Waals surface area (Å²) in [6, 6.07) is 0. The van der Waals surface area contributed by atoms with Crippen molar-refractivity contribution in [3.63, 3.8) is 0 Å². The van der Waals surface area contributed by atoms with Crippen molar-refractivity contribution in [2.75, 3.05) is 0 Å². The molecule has 4 aromatic rings. The van der Waals surface area contributed by atoms with Crippen LogP contribution in [-0.2, 0) is 0 Å². The third-order valence-electron chi connectivity index (χ3n) is 4.32. The molecule has 8 nitrogen and oxygen atoms in total. The number of rotatable bonds is 4. The SMILES string of the molecule is c1ncc([B-](c2cncnc2)(c2cncnc2)c2cncnc2)cn1. The van der Waals surface area contributed by atoms with Gasteiger partial charge in [-0.2, -0.15) is 21.9 Å². The Kier molecular flexibility index (Phi) is 3.87. The van der Waals surface area contributed by atoms with Crippen LogP contribution in [0.5, 0.6) is 0 Å². The van der Waals surface area contributed by atoms with E-state index in [1.54, 1.807) is 49.6 Å². The van der Waals surface area contributed by atoms with Crippen molar-refractivity contribution in [1.29, 1.82) is 0 Å². The van der Waals surface area contributed by atoms with Gasteiger partial charge in [0, 0.05) is 0 Å². The Labute approximate surface area is 143 Å². The zero-order valence-electron chi connectivity index (χ0n) is 13.1. The highest BCUT2D eigenvalue weighted by Gasteiger charge is 2.34. The molecule has 0 aliphatic rings. The van der Waals surface area contributed by atoms with Gasteiger partial charge in [-0.25, -0.2) is 39.9 Å². The van der Waals surface area contributed by atoms with Gasteiger partial charge in [0.2, 0.25) is 0 Å². The Morgan fingerprint density at radius 2 is 0.560 bits per heavy atom. The Hall–Kier alpha value is -3.62. The molecule has 0 fully saturated rings. The van der Waals surface area contributed by atoms with Crippen LogP contribution < -0.4 is 21.9 Å². The summed E-state index contributed by atoms with van der Waals surface area (Å²) in [5.74, 6) is 0. The summed E-state index contributed by atoms with van der Waals surface area (Å²) >= 11 is 0. The molecule has 0 bridgehead atoms. The zero-order valence-corrected chi connectivity index (χ0v) is 13.1. The molecule has 0 radical (unpaired) electrons. The molecule has 0 saturated carbocycles. The summed E-state index contributed by atoms with van der Waals surface area (Å²) in [7, 11) is 0. The molecule has 0 amide bonds. The third-order valence-corrected chi connectivity index (χ3v) is 4.32. The minimum absolute atomic E-state index is 0.877. The van der Waals surface area contributed by atoms with E-state index in [9.17, 15) is 0 Å². The van der Waals surface area contributed by atoms with Crippen molar-refractivity contribution < 1.29 is 0 Å². The van der Waals surface area contributed by atoms with Crippen LogP contribution in [0.25, 0.3) is 0 Å². The predicted octanol–water partition coefficient (Wildman–Crippen LogP) is -1.78. The van der Waals surface area contributed by atoms with Crippen LogP contribution in [0.2, 0.25) is 0 Å². The second-order valence-corrected chi connectivity index (χ2v) is 5.55. The van der Waals surface area contributed by atoms with E-state index in [1.165, 1.54) is 25.3 Å². The normalized spacial score (nSPS) is 11.2. The molecule has 0 aliphatic carbocycles. The molecular weight excluding hydrogens is 315 g/mol. The molecule has 0 N–H and O–H groups in total. The van der Waals surface area contributed by atoms with E-state index in [-0.39, 0.29) is 0 Å². The average Bonchev–Trinajstić information content (AvgIpc) is 2.72. The van der Waals surface area contributed by atoms with Crippen molar-refractivity contribution in [1.82, 2.24) is 39.9 Å². The van der Waals surface area contributed by atoms with Crippen LogP contribution >= 0.6 is 0 Å². The van der Waals surface area contributed by atoms with Gasteiger partial charge in [-0.1, -0.05) is 0 Å². The average molecular weight is 327 g/mol. The van der Waals surface area contributed by atoms with E-state index in [4.69, 9.17) is 0 Å².